The number of esters is 1. The molecule has 0 radical (unpaired) electrons. The van der Waals surface area contributed by atoms with Crippen molar-refractivity contribution in [3.8, 4) is 0 Å². The molecule has 2 N–H and O–H groups in total. The van der Waals surface area contributed by atoms with Crippen molar-refractivity contribution >= 4 is 17.7 Å². The lowest BCUT2D eigenvalue weighted by molar-refractivity contribution is 0.0599. The smallest absolute Gasteiger partial charge is 0.339 e. The van der Waals surface area contributed by atoms with E-state index in [9.17, 15) is 9.59 Å². The summed E-state index contributed by atoms with van der Waals surface area (Å²) < 4.78 is 6.77. The van der Waals surface area contributed by atoms with E-state index in [1.165, 1.54) is 26.4 Å². The minimum absolute atomic E-state index is 0.273. The van der Waals surface area contributed by atoms with Gasteiger partial charge in [-0.2, -0.15) is 5.10 Å². The van der Waals surface area contributed by atoms with Gasteiger partial charge in [0.2, 0.25) is 0 Å². The van der Waals surface area contributed by atoms with Crippen LogP contribution in [0.2, 0.25) is 0 Å². The summed E-state index contributed by atoms with van der Waals surface area (Å²) in [6.07, 6.45) is 8.13. The summed E-state index contributed by atoms with van der Waals surface area (Å²) in [4.78, 5) is 27.9. The van der Waals surface area contributed by atoms with Crippen LogP contribution < -0.4 is 5.32 Å². The van der Waals surface area contributed by atoms with Crippen molar-refractivity contribution in [2.24, 2.45) is 0 Å². The average Bonchev–Trinajstić information content (AvgIpc) is 3.25. The third kappa shape index (κ3) is 3.38. The van der Waals surface area contributed by atoms with Crippen LogP contribution in [0.25, 0.3) is 0 Å². The molecule has 2 aromatic rings. The summed E-state index contributed by atoms with van der Waals surface area (Å²) in [5.74, 6) is -0.0135. The number of carbonyl (C=O) groups is 2. The Morgan fingerprint density at radius 2 is 2.08 bits per heavy atom. The molecule has 0 spiro atoms. The van der Waals surface area contributed by atoms with Crippen LogP contribution in [0.5, 0.6) is 0 Å². The van der Waals surface area contributed by atoms with Gasteiger partial charge in [-0.3, -0.25) is 4.79 Å². The quantitative estimate of drug-likeness (QED) is 0.799. The van der Waals surface area contributed by atoms with Crippen LogP contribution in [0.15, 0.2) is 12.3 Å². The second-order valence-corrected chi connectivity index (χ2v) is 6.73. The molecule has 26 heavy (non-hydrogen) atoms. The molecule has 1 aliphatic rings. The summed E-state index contributed by atoms with van der Waals surface area (Å²) >= 11 is 0. The third-order valence-corrected chi connectivity index (χ3v) is 5.13. The number of H-pyrrole nitrogens is 1. The highest BCUT2D eigenvalue weighted by Gasteiger charge is 2.25. The van der Waals surface area contributed by atoms with Gasteiger partial charge in [0.05, 0.1) is 24.9 Å². The number of aromatic amines is 1. The Morgan fingerprint density at radius 3 is 2.73 bits per heavy atom. The van der Waals surface area contributed by atoms with Crippen molar-refractivity contribution in [2.75, 3.05) is 12.4 Å². The number of aryl methyl sites for hydroxylation is 1. The van der Waals surface area contributed by atoms with Gasteiger partial charge in [-0.25, -0.2) is 9.48 Å². The molecule has 0 aromatic carbocycles. The fourth-order valence-electron chi connectivity index (χ4n) is 3.74. The van der Waals surface area contributed by atoms with Crippen LogP contribution in [0.3, 0.4) is 0 Å². The molecule has 0 bridgehead atoms. The number of amides is 1. The topological polar surface area (TPSA) is 89.0 Å². The lowest BCUT2D eigenvalue weighted by atomic mass is 9.96. The number of hydrogen-bond acceptors (Lipinski definition) is 4. The molecule has 1 amide bonds. The lowest BCUT2D eigenvalue weighted by Crippen LogP contribution is -2.21. The summed E-state index contributed by atoms with van der Waals surface area (Å²) in [5.41, 5.74) is 2.15. The van der Waals surface area contributed by atoms with E-state index in [1.807, 2.05) is 17.7 Å². The fraction of sp³-hybridized carbons (Fsp3) is 0.526. The van der Waals surface area contributed by atoms with Gasteiger partial charge in [-0.05, 0) is 31.7 Å². The molecule has 140 valence electrons. The molecule has 2 aromatic heterocycles. The fourth-order valence-corrected chi connectivity index (χ4v) is 3.74. The highest BCUT2D eigenvalue weighted by Crippen LogP contribution is 2.30. The van der Waals surface area contributed by atoms with E-state index in [-0.39, 0.29) is 5.91 Å². The Kier molecular flexibility index (Phi) is 5.44. The summed E-state index contributed by atoms with van der Waals surface area (Å²) in [7, 11) is 1.34. The van der Waals surface area contributed by atoms with Gasteiger partial charge in [-0.1, -0.05) is 26.2 Å². The van der Waals surface area contributed by atoms with Crippen LogP contribution in [0.1, 0.15) is 77.2 Å². The number of nitrogens with zero attached hydrogens (tertiary/aromatic N) is 2. The molecule has 1 aliphatic carbocycles. The predicted octanol–water partition coefficient (Wildman–Crippen LogP) is 3.63. The molecule has 0 aliphatic heterocycles. The normalized spacial score (nSPS) is 15.0. The lowest BCUT2D eigenvalue weighted by Gasteiger charge is -2.23. The van der Waals surface area contributed by atoms with E-state index in [2.05, 4.69) is 15.4 Å². The zero-order valence-electron chi connectivity index (χ0n) is 15.6. The standard InChI is InChI=1S/C19H26N4O3/c1-4-14-16(19(25)26-3)12(2)17(21-14)18(24)22-15-10-11-20-23(15)13-8-6-5-7-9-13/h10-11,13,21H,4-9H2,1-3H3,(H,22,24). The highest BCUT2D eigenvalue weighted by atomic mass is 16.5. The maximum atomic E-state index is 12.8. The van der Waals surface area contributed by atoms with Gasteiger partial charge in [0.25, 0.3) is 5.91 Å². The Morgan fingerprint density at radius 1 is 1.35 bits per heavy atom. The Hall–Kier alpha value is -2.57. The first-order valence-corrected chi connectivity index (χ1v) is 9.21. The van der Waals surface area contributed by atoms with Gasteiger partial charge in [0.1, 0.15) is 11.5 Å². The largest absolute Gasteiger partial charge is 0.465 e. The van der Waals surface area contributed by atoms with Crippen molar-refractivity contribution in [3.05, 3.63) is 34.8 Å². The first kappa shape index (κ1) is 18.2. The Labute approximate surface area is 153 Å². The molecule has 0 atom stereocenters. The van der Waals surface area contributed by atoms with E-state index in [4.69, 9.17) is 4.74 Å². The van der Waals surface area contributed by atoms with Crippen molar-refractivity contribution in [2.45, 2.75) is 58.4 Å². The number of hydrogen-bond donors (Lipinski definition) is 2. The van der Waals surface area contributed by atoms with Crippen molar-refractivity contribution in [1.82, 2.24) is 14.8 Å². The van der Waals surface area contributed by atoms with Gasteiger partial charge < -0.3 is 15.0 Å². The SMILES string of the molecule is CCc1[nH]c(C(=O)Nc2ccnn2C2CCCCC2)c(C)c1C(=O)OC. The second kappa shape index (κ2) is 7.76. The maximum absolute atomic E-state index is 12.8. The molecule has 0 unspecified atom stereocenters. The number of nitrogens with one attached hydrogen (secondary N) is 2. The Balaban J connectivity index is 1.84. The zero-order valence-corrected chi connectivity index (χ0v) is 15.6. The Bertz CT molecular complexity index is 800. The molecule has 7 nitrogen and oxygen atoms in total. The number of anilines is 1. The number of rotatable bonds is 5. The minimum Gasteiger partial charge on any atom is -0.465 e. The first-order chi connectivity index (χ1) is 12.6. The van der Waals surface area contributed by atoms with E-state index in [0.29, 0.717) is 40.8 Å². The molecular weight excluding hydrogens is 332 g/mol. The third-order valence-electron chi connectivity index (χ3n) is 5.13. The number of aromatic nitrogens is 3. The first-order valence-electron chi connectivity index (χ1n) is 9.21. The molecule has 3 rings (SSSR count). The monoisotopic (exact) mass is 358 g/mol. The van der Waals surface area contributed by atoms with E-state index < -0.39 is 5.97 Å². The second-order valence-electron chi connectivity index (χ2n) is 6.73. The number of ether oxygens (including phenoxy) is 1. The van der Waals surface area contributed by atoms with E-state index in [0.717, 1.165) is 12.8 Å². The zero-order chi connectivity index (χ0) is 18.7. The van der Waals surface area contributed by atoms with Crippen molar-refractivity contribution in [1.29, 1.82) is 0 Å². The predicted molar refractivity (Wildman–Crippen MR) is 98.5 cm³/mol. The summed E-state index contributed by atoms with van der Waals surface area (Å²) in [6.45, 7) is 3.69. The van der Waals surface area contributed by atoms with Gasteiger partial charge in [-0.15, -0.1) is 0 Å². The van der Waals surface area contributed by atoms with E-state index in [1.54, 1.807) is 13.1 Å². The average molecular weight is 358 g/mol. The van der Waals surface area contributed by atoms with Gasteiger partial charge >= 0.3 is 5.97 Å². The van der Waals surface area contributed by atoms with Crippen molar-refractivity contribution < 1.29 is 14.3 Å². The van der Waals surface area contributed by atoms with E-state index >= 15 is 0 Å². The van der Waals surface area contributed by atoms with Gasteiger partial charge in [0.15, 0.2) is 0 Å². The summed E-state index contributed by atoms with van der Waals surface area (Å²) in [6, 6.07) is 2.14. The maximum Gasteiger partial charge on any atom is 0.339 e. The number of carbonyl (C=O) groups excluding carboxylic acids is 2. The van der Waals surface area contributed by atoms with Crippen LogP contribution in [0.4, 0.5) is 5.82 Å². The van der Waals surface area contributed by atoms with Crippen molar-refractivity contribution in [3.63, 3.8) is 0 Å². The number of methoxy groups -OCH3 is 1. The molecule has 1 saturated carbocycles. The van der Waals surface area contributed by atoms with Crippen LogP contribution in [-0.4, -0.2) is 33.8 Å². The highest BCUT2D eigenvalue weighted by molar-refractivity contribution is 6.06. The molecule has 2 heterocycles. The molecule has 7 heteroatoms. The molecular formula is C19H26N4O3. The summed E-state index contributed by atoms with van der Waals surface area (Å²) in [5, 5.41) is 7.35. The van der Waals surface area contributed by atoms with Gasteiger partial charge in [0, 0.05) is 11.8 Å². The van der Waals surface area contributed by atoms with Crippen LogP contribution >= 0.6 is 0 Å². The minimum atomic E-state index is -0.429. The van der Waals surface area contributed by atoms with Crippen LogP contribution in [-0.2, 0) is 11.2 Å². The molecule has 1 fully saturated rings. The van der Waals surface area contributed by atoms with Crippen LogP contribution in [0, 0.1) is 6.92 Å². The molecule has 0 saturated heterocycles.